The zero-order valence-electron chi connectivity index (χ0n) is 19.0. The maximum Gasteiger partial charge on any atom is 0.423 e. The highest BCUT2D eigenvalue weighted by atomic mass is 35.5. The van der Waals surface area contributed by atoms with E-state index < -0.39 is 23.1 Å². The topological polar surface area (TPSA) is 126 Å². The van der Waals surface area contributed by atoms with Crippen molar-refractivity contribution in [3.8, 4) is 5.75 Å². The number of benzene rings is 1. The number of rotatable bonds is 7. The van der Waals surface area contributed by atoms with Crippen LogP contribution in [0.5, 0.6) is 5.75 Å². The largest absolute Gasteiger partial charge is 0.487 e. The third-order valence-corrected chi connectivity index (χ3v) is 7.07. The molecule has 1 saturated carbocycles. The fourth-order valence-electron chi connectivity index (χ4n) is 4.85. The molecule has 1 aliphatic carbocycles. The molecule has 1 saturated heterocycles. The molecule has 2 fully saturated rings. The first-order valence-electron chi connectivity index (χ1n) is 11.3. The Morgan fingerprint density at radius 1 is 1.29 bits per heavy atom. The van der Waals surface area contributed by atoms with Gasteiger partial charge in [0.15, 0.2) is 17.3 Å². The molecule has 3 heterocycles. The van der Waals surface area contributed by atoms with Crippen molar-refractivity contribution in [1.29, 1.82) is 0 Å². The van der Waals surface area contributed by atoms with Crippen molar-refractivity contribution in [3.63, 3.8) is 0 Å². The number of hydrogen-bond acceptors (Lipinski definition) is 8. The molecule has 35 heavy (non-hydrogen) atoms. The van der Waals surface area contributed by atoms with Gasteiger partial charge in [0.25, 0.3) is 0 Å². The van der Waals surface area contributed by atoms with Gasteiger partial charge in [-0.15, -0.1) is 0 Å². The van der Waals surface area contributed by atoms with Gasteiger partial charge in [-0.25, -0.2) is 14.2 Å². The highest BCUT2D eigenvalue weighted by Crippen LogP contribution is 2.49. The Kier molecular flexibility index (Phi) is 6.20. The van der Waals surface area contributed by atoms with Gasteiger partial charge in [-0.1, -0.05) is 17.7 Å². The maximum absolute atomic E-state index is 14.4. The number of aromatic amines is 1. The lowest BCUT2D eigenvalue weighted by Gasteiger charge is -2.48. The lowest BCUT2D eigenvalue weighted by molar-refractivity contribution is -0.103. The van der Waals surface area contributed by atoms with Gasteiger partial charge in [0, 0.05) is 24.1 Å². The zero-order chi connectivity index (χ0) is 24.5. The van der Waals surface area contributed by atoms with E-state index in [-0.39, 0.29) is 16.9 Å². The number of nitrogens with zero attached hydrogens (tertiary/aromatic N) is 3. The maximum atomic E-state index is 14.4. The molecule has 1 atom stereocenters. The van der Waals surface area contributed by atoms with Crippen LogP contribution in [-0.4, -0.2) is 38.1 Å². The van der Waals surface area contributed by atoms with E-state index in [1.807, 2.05) is 6.92 Å². The fourth-order valence-corrected chi connectivity index (χ4v) is 5.01. The summed E-state index contributed by atoms with van der Waals surface area (Å²) >= 11 is 5.90. The van der Waals surface area contributed by atoms with Crippen molar-refractivity contribution in [2.24, 2.45) is 5.41 Å². The van der Waals surface area contributed by atoms with Crippen molar-refractivity contribution in [2.45, 2.75) is 50.9 Å². The first kappa shape index (κ1) is 23.3. The fraction of sp³-hybridized carbons (Fsp3) is 0.391. The Hall–Kier alpha value is -3.44. The predicted octanol–water partition coefficient (Wildman–Crippen LogP) is 4.25. The van der Waals surface area contributed by atoms with Gasteiger partial charge in [0.1, 0.15) is 11.6 Å². The van der Waals surface area contributed by atoms with Crippen LogP contribution in [0.15, 0.2) is 42.9 Å². The standard InChI is InChI=1S/C23H25ClFN7O3/c1-22(32-31-21(33)35-22)23(11-14-12-26-13-19(28-14)29-18-7-10-27-30-18)8-5-15(6-9-23)34-17-4-2-3-16(24)20(17)25/h2-4,7,10,12-13,15,32H,5-6,8-9,11H2,1H3,(H,31,33)(H2,27,28,29,30). The SMILES string of the molecule is CC1(C2(Cc3cncc(Nc4ccn[nH]4)n3)CCC(Oc3cccc(Cl)c3F)CC2)NNC(=O)O1. The van der Waals surface area contributed by atoms with Gasteiger partial charge >= 0.3 is 6.09 Å². The molecule has 2 aliphatic rings. The van der Waals surface area contributed by atoms with E-state index in [1.54, 1.807) is 36.8 Å². The van der Waals surface area contributed by atoms with Crippen LogP contribution in [0.4, 0.5) is 20.8 Å². The summed E-state index contributed by atoms with van der Waals surface area (Å²) in [4.78, 5) is 21.0. The van der Waals surface area contributed by atoms with Gasteiger partial charge in [0.05, 0.1) is 29.2 Å². The van der Waals surface area contributed by atoms with Crippen LogP contribution in [0.3, 0.4) is 0 Å². The third kappa shape index (κ3) is 4.73. The molecule has 0 bridgehead atoms. The van der Waals surface area contributed by atoms with E-state index in [0.717, 1.165) is 5.69 Å². The highest BCUT2D eigenvalue weighted by Gasteiger charge is 2.56. The number of nitrogens with one attached hydrogen (secondary N) is 4. The van der Waals surface area contributed by atoms with E-state index in [4.69, 9.17) is 26.1 Å². The van der Waals surface area contributed by atoms with Crippen LogP contribution < -0.4 is 20.9 Å². The number of cyclic esters (lactones) is 1. The predicted molar refractivity (Wildman–Crippen MR) is 125 cm³/mol. The number of hydrogen-bond donors (Lipinski definition) is 4. The quantitative estimate of drug-likeness (QED) is 0.378. The minimum Gasteiger partial charge on any atom is -0.487 e. The molecule has 3 aromatic rings. The molecule has 5 rings (SSSR count). The summed E-state index contributed by atoms with van der Waals surface area (Å²) in [5.41, 5.74) is 4.83. The normalized spacial score (nSPS) is 26.1. The number of H-pyrrole nitrogens is 1. The number of carbonyl (C=O) groups is 1. The molecule has 2 aromatic heterocycles. The lowest BCUT2D eigenvalue weighted by atomic mass is 9.64. The van der Waals surface area contributed by atoms with E-state index >= 15 is 0 Å². The average Bonchev–Trinajstić information content (AvgIpc) is 3.48. The van der Waals surface area contributed by atoms with E-state index in [2.05, 4.69) is 31.3 Å². The third-order valence-electron chi connectivity index (χ3n) is 6.78. The Balaban J connectivity index is 1.36. The summed E-state index contributed by atoms with van der Waals surface area (Å²) in [5, 5.41) is 9.90. The number of amides is 1. The van der Waals surface area contributed by atoms with Crippen LogP contribution >= 0.6 is 11.6 Å². The summed E-state index contributed by atoms with van der Waals surface area (Å²) in [6.45, 7) is 1.85. The summed E-state index contributed by atoms with van der Waals surface area (Å²) in [6, 6.07) is 6.50. The van der Waals surface area contributed by atoms with Crippen LogP contribution in [0.25, 0.3) is 0 Å². The Bertz CT molecular complexity index is 1200. The number of hydrazine groups is 1. The molecule has 1 unspecified atom stereocenters. The number of anilines is 2. The number of aromatic nitrogens is 4. The van der Waals surface area contributed by atoms with Crippen LogP contribution in [-0.2, 0) is 11.2 Å². The summed E-state index contributed by atoms with van der Waals surface area (Å²) in [7, 11) is 0. The summed E-state index contributed by atoms with van der Waals surface area (Å²) < 4.78 is 26.0. The minimum atomic E-state index is -0.981. The Labute approximate surface area is 205 Å². The molecule has 184 valence electrons. The average molecular weight is 502 g/mol. The molecule has 1 amide bonds. The lowest BCUT2D eigenvalue weighted by Crippen LogP contribution is -2.58. The second kappa shape index (κ2) is 9.31. The monoisotopic (exact) mass is 501 g/mol. The highest BCUT2D eigenvalue weighted by molar-refractivity contribution is 6.30. The minimum absolute atomic E-state index is 0.0236. The molecule has 0 spiro atoms. The van der Waals surface area contributed by atoms with Gasteiger partial charge < -0.3 is 14.8 Å². The molecular weight excluding hydrogens is 477 g/mol. The molecule has 10 nitrogen and oxygen atoms in total. The van der Waals surface area contributed by atoms with Crippen molar-refractivity contribution in [3.05, 3.63) is 59.4 Å². The van der Waals surface area contributed by atoms with Crippen LogP contribution in [0.2, 0.25) is 5.02 Å². The van der Waals surface area contributed by atoms with Crippen molar-refractivity contribution < 1.29 is 18.7 Å². The van der Waals surface area contributed by atoms with Gasteiger partial charge in [-0.3, -0.25) is 15.5 Å². The number of carbonyl (C=O) groups excluding carboxylic acids is 1. The zero-order valence-corrected chi connectivity index (χ0v) is 19.7. The van der Waals surface area contributed by atoms with Crippen LogP contribution in [0.1, 0.15) is 38.3 Å². The van der Waals surface area contributed by atoms with E-state index in [9.17, 15) is 9.18 Å². The van der Waals surface area contributed by atoms with E-state index in [1.165, 1.54) is 6.07 Å². The summed E-state index contributed by atoms with van der Waals surface area (Å²) in [6.07, 6.45) is 7.25. The van der Waals surface area contributed by atoms with E-state index in [0.29, 0.717) is 43.7 Å². The summed E-state index contributed by atoms with van der Waals surface area (Å²) in [5.74, 6) is 0.830. The first-order valence-corrected chi connectivity index (χ1v) is 11.7. The second-order valence-corrected chi connectivity index (χ2v) is 9.40. The Morgan fingerprint density at radius 2 is 2.11 bits per heavy atom. The first-order chi connectivity index (χ1) is 16.9. The number of ether oxygens (including phenoxy) is 2. The number of halogens is 2. The Morgan fingerprint density at radius 3 is 2.83 bits per heavy atom. The molecular formula is C23H25ClFN7O3. The van der Waals surface area contributed by atoms with Gasteiger partial charge in [0.2, 0.25) is 0 Å². The smallest absolute Gasteiger partial charge is 0.423 e. The molecule has 4 N–H and O–H groups in total. The second-order valence-electron chi connectivity index (χ2n) is 8.99. The molecule has 1 aromatic carbocycles. The molecule has 12 heteroatoms. The molecule has 0 radical (unpaired) electrons. The van der Waals surface area contributed by atoms with Crippen LogP contribution in [0, 0.1) is 11.2 Å². The van der Waals surface area contributed by atoms with Crippen molar-refractivity contribution >= 4 is 29.3 Å². The van der Waals surface area contributed by atoms with Gasteiger partial charge in [-0.05, 0) is 44.7 Å². The van der Waals surface area contributed by atoms with Crippen molar-refractivity contribution in [2.75, 3.05) is 5.32 Å². The van der Waals surface area contributed by atoms with Crippen molar-refractivity contribution in [1.82, 2.24) is 31.0 Å². The van der Waals surface area contributed by atoms with Gasteiger partial charge in [-0.2, -0.15) is 10.5 Å². The molecule has 1 aliphatic heterocycles.